The largest absolute Gasteiger partial charge is 0.351 e. The van der Waals surface area contributed by atoms with Crippen molar-refractivity contribution in [1.29, 1.82) is 0 Å². The lowest BCUT2D eigenvalue weighted by Gasteiger charge is -2.19. The van der Waals surface area contributed by atoms with E-state index in [1.807, 2.05) is 18.2 Å². The van der Waals surface area contributed by atoms with E-state index in [9.17, 15) is 4.79 Å². The Bertz CT molecular complexity index is 285. The van der Waals surface area contributed by atoms with Crippen molar-refractivity contribution in [2.24, 2.45) is 5.73 Å². The van der Waals surface area contributed by atoms with E-state index in [4.69, 9.17) is 5.73 Å². The fraction of sp³-hybridized carbons (Fsp3) is 0.364. The van der Waals surface area contributed by atoms with Crippen LogP contribution in [0.4, 0.5) is 10.5 Å². The summed E-state index contributed by atoms with van der Waals surface area (Å²) in [4.78, 5) is 12.7. The monoisotopic (exact) mass is 191 g/mol. The van der Waals surface area contributed by atoms with Gasteiger partial charge in [-0.15, -0.1) is 0 Å². The second-order valence-corrected chi connectivity index (χ2v) is 3.09. The lowest BCUT2D eigenvalue weighted by Crippen LogP contribution is -2.36. The zero-order chi connectivity index (χ0) is 10.4. The molecule has 0 atom stereocenters. The van der Waals surface area contributed by atoms with Gasteiger partial charge in [0, 0.05) is 12.6 Å². The van der Waals surface area contributed by atoms with Crippen molar-refractivity contribution in [1.82, 2.24) is 0 Å². The number of unbranched alkanes of at least 4 members (excludes halogenated alkanes) is 1. The Balaban J connectivity index is 2.73. The molecule has 0 aromatic heterocycles. The molecular weight excluding hydrogens is 176 g/mol. The van der Waals surface area contributed by atoms with Gasteiger partial charge < -0.3 is 5.73 Å². The maximum atomic E-state index is 11.1. The summed E-state index contributed by atoms with van der Waals surface area (Å²) in [6.45, 7) is 2.74. The third-order valence-corrected chi connectivity index (χ3v) is 1.98. The Morgan fingerprint density at radius 1 is 1.57 bits per heavy atom. The van der Waals surface area contributed by atoms with Gasteiger partial charge in [0.2, 0.25) is 0 Å². The summed E-state index contributed by atoms with van der Waals surface area (Å²) in [6.07, 6.45) is 1.99. The maximum Gasteiger partial charge on any atom is 0.319 e. The average Bonchev–Trinajstić information content (AvgIpc) is 2.19. The minimum atomic E-state index is -0.416. The molecule has 0 heterocycles. The molecule has 0 fully saturated rings. The highest BCUT2D eigenvalue weighted by Gasteiger charge is 2.10. The van der Waals surface area contributed by atoms with E-state index < -0.39 is 6.03 Å². The van der Waals surface area contributed by atoms with Gasteiger partial charge >= 0.3 is 6.03 Å². The molecular formula is C11H15N2O. The summed E-state index contributed by atoms with van der Waals surface area (Å²) in [5.74, 6) is 0. The van der Waals surface area contributed by atoms with Crippen LogP contribution in [0.1, 0.15) is 19.8 Å². The molecule has 0 spiro atoms. The van der Waals surface area contributed by atoms with Crippen LogP contribution in [0.3, 0.4) is 0 Å². The predicted octanol–water partition coefficient (Wildman–Crippen LogP) is 2.17. The first kappa shape index (κ1) is 10.6. The van der Waals surface area contributed by atoms with Gasteiger partial charge in [-0.2, -0.15) is 0 Å². The van der Waals surface area contributed by atoms with E-state index in [1.165, 1.54) is 0 Å². The van der Waals surface area contributed by atoms with Gasteiger partial charge in [-0.05, 0) is 12.5 Å². The zero-order valence-corrected chi connectivity index (χ0v) is 8.36. The lowest BCUT2D eigenvalue weighted by molar-refractivity contribution is 0.254. The van der Waals surface area contributed by atoms with Crippen LogP contribution in [-0.2, 0) is 0 Å². The normalized spacial score (nSPS) is 9.79. The molecule has 0 saturated heterocycles. The Labute approximate surface area is 84.5 Å². The van der Waals surface area contributed by atoms with Crippen molar-refractivity contribution < 1.29 is 4.79 Å². The molecule has 0 aliphatic heterocycles. The van der Waals surface area contributed by atoms with E-state index >= 15 is 0 Å². The highest BCUT2D eigenvalue weighted by atomic mass is 16.2. The standard InChI is InChI=1S/C11H15N2O/c1-2-3-9-13(11(12)14)10-7-5-4-6-8-10/h4-7H,2-3,9H2,1H3,(H2,12,14). The number of para-hydroxylation sites is 1. The van der Waals surface area contributed by atoms with Crippen LogP contribution in [0.15, 0.2) is 24.3 Å². The van der Waals surface area contributed by atoms with Crippen LogP contribution < -0.4 is 10.6 Å². The van der Waals surface area contributed by atoms with Crippen molar-refractivity contribution in [3.8, 4) is 0 Å². The third kappa shape index (κ3) is 2.76. The molecule has 1 aromatic rings. The van der Waals surface area contributed by atoms with E-state index in [0.717, 1.165) is 18.5 Å². The SMILES string of the molecule is CCCCN(C(N)=O)c1[c]cccc1. The summed E-state index contributed by atoms with van der Waals surface area (Å²) in [6, 6.07) is 9.91. The molecule has 0 unspecified atom stereocenters. The number of hydrogen-bond donors (Lipinski definition) is 1. The van der Waals surface area contributed by atoms with Gasteiger partial charge in [0.15, 0.2) is 0 Å². The average molecular weight is 191 g/mol. The first-order chi connectivity index (χ1) is 6.75. The molecule has 2 amide bonds. The van der Waals surface area contributed by atoms with Gasteiger partial charge in [0.25, 0.3) is 0 Å². The molecule has 2 N–H and O–H groups in total. The molecule has 0 bridgehead atoms. The van der Waals surface area contributed by atoms with Gasteiger partial charge in [-0.3, -0.25) is 4.90 Å². The summed E-state index contributed by atoms with van der Waals surface area (Å²) < 4.78 is 0. The Kier molecular flexibility index (Phi) is 3.98. The van der Waals surface area contributed by atoms with Crippen LogP contribution in [0.25, 0.3) is 0 Å². The van der Waals surface area contributed by atoms with E-state index in [-0.39, 0.29) is 0 Å². The highest BCUT2D eigenvalue weighted by molar-refractivity contribution is 5.90. The number of nitrogens with zero attached hydrogens (tertiary/aromatic N) is 1. The Morgan fingerprint density at radius 2 is 2.36 bits per heavy atom. The van der Waals surface area contributed by atoms with E-state index in [0.29, 0.717) is 6.54 Å². The number of rotatable bonds is 4. The Hall–Kier alpha value is -1.51. The number of nitrogens with two attached hydrogens (primary N) is 1. The quantitative estimate of drug-likeness (QED) is 0.779. The van der Waals surface area contributed by atoms with E-state index in [2.05, 4.69) is 13.0 Å². The highest BCUT2D eigenvalue weighted by Crippen LogP contribution is 2.12. The van der Waals surface area contributed by atoms with Crippen LogP contribution in [0, 0.1) is 6.07 Å². The number of amides is 2. The molecule has 3 nitrogen and oxygen atoms in total. The van der Waals surface area contributed by atoms with Crippen LogP contribution in [0.5, 0.6) is 0 Å². The molecule has 3 heteroatoms. The first-order valence-corrected chi connectivity index (χ1v) is 4.79. The van der Waals surface area contributed by atoms with Gasteiger partial charge in [0.05, 0.1) is 5.69 Å². The number of carbonyl (C=O) groups is 1. The number of hydrogen-bond acceptors (Lipinski definition) is 1. The zero-order valence-electron chi connectivity index (χ0n) is 8.36. The van der Waals surface area contributed by atoms with Crippen LogP contribution in [0.2, 0.25) is 0 Å². The van der Waals surface area contributed by atoms with Crippen molar-refractivity contribution >= 4 is 11.7 Å². The van der Waals surface area contributed by atoms with Gasteiger partial charge in [-0.25, -0.2) is 4.79 Å². The molecule has 0 aliphatic carbocycles. The number of primary amides is 1. The minimum Gasteiger partial charge on any atom is -0.351 e. The first-order valence-electron chi connectivity index (χ1n) is 4.79. The molecule has 1 radical (unpaired) electrons. The molecule has 14 heavy (non-hydrogen) atoms. The number of anilines is 1. The second-order valence-electron chi connectivity index (χ2n) is 3.09. The Morgan fingerprint density at radius 3 is 2.86 bits per heavy atom. The fourth-order valence-corrected chi connectivity index (χ4v) is 1.22. The molecule has 0 aliphatic rings. The summed E-state index contributed by atoms with van der Waals surface area (Å²) in [5, 5.41) is 0. The summed E-state index contributed by atoms with van der Waals surface area (Å²) >= 11 is 0. The number of benzene rings is 1. The van der Waals surface area contributed by atoms with Crippen molar-refractivity contribution in [2.75, 3.05) is 11.4 Å². The lowest BCUT2D eigenvalue weighted by atomic mass is 10.2. The maximum absolute atomic E-state index is 11.1. The molecule has 0 saturated carbocycles. The van der Waals surface area contributed by atoms with Crippen molar-refractivity contribution in [3.05, 3.63) is 30.3 Å². The van der Waals surface area contributed by atoms with Gasteiger partial charge in [0.1, 0.15) is 0 Å². The number of carbonyl (C=O) groups excluding carboxylic acids is 1. The van der Waals surface area contributed by atoms with Gasteiger partial charge in [-0.1, -0.05) is 31.5 Å². The van der Waals surface area contributed by atoms with E-state index in [1.54, 1.807) is 11.0 Å². The summed E-state index contributed by atoms with van der Waals surface area (Å²) in [5.41, 5.74) is 6.02. The predicted molar refractivity (Wildman–Crippen MR) is 57.1 cm³/mol. The van der Waals surface area contributed by atoms with Crippen LogP contribution in [-0.4, -0.2) is 12.6 Å². The topological polar surface area (TPSA) is 46.3 Å². The van der Waals surface area contributed by atoms with Crippen molar-refractivity contribution in [3.63, 3.8) is 0 Å². The van der Waals surface area contributed by atoms with Crippen molar-refractivity contribution in [2.45, 2.75) is 19.8 Å². The third-order valence-electron chi connectivity index (χ3n) is 1.98. The second kappa shape index (κ2) is 5.27. The minimum absolute atomic E-state index is 0.416. The molecule has 1 rings (SSSR count). The fourth-order valence-electron chi connectivity index (χ4n) is 1.22. The number of urea groups is 1. The summed E-state index contributed by atoms with van der Waals surface area (Å²) in [7, 11) is 0. The van der Waals surface area contributed by atoms with Crippen LogP contribution >= 0.6 is 0 Å². The smallest absolute Gasteiger partial charge is 0.319 e. The molecule has 1 aromatic carbocycles. The molecule has 75 valence electrons.